The lowest BCUT2D eigenvalue weighted by atomic mass is 10.2. The number of aromatic amines is 1. The predicted octanol–water partition coefficient (Wildman–Crippen LogP) is 1.58. The summed E-state index contributed by atoms with van der Waals surface area (Å²) in [5, 5.41) is 7.05. The van der Waals surface area contributed by atoms with Gasteiger partial charge in [0.25, 0.3) is 0 Å². The molecule has 0 radical (unpaired) electrons. The van der Waals surface area contributed by atoms with E-state index in [1.54, 1.807) is 0 Å². The number of H-pyrrole nitrogens is 1. The number of hydrogen-bond donors (Lipinski definition) is 1. The summed E-state index contributed by atoms with van der Waals surface area (Å²) in [6.07, 6.45) is 4.08. The van der Waals surface area contributed by atoms with Gasteiger partial charge in [-0.1, -0.05) is 0 Å². The van der Waals surface area contributed by atoms with Crippen molar-refractivity contribution < 1.29 is 17.9 Å². The largest absolute Gasteiger partial charge is 0.423 e. The fourth-order valence-electron chi connectivity index (χ4n) is 1.95. The van der Waals surface area contributed by atoms with Crippen molar-refractivity contribution in [3.8, 4) is 5.75 Å². The van der Waals surface area contributed by atoms with E-state index < -0.39 is 15.8 Å². The average molecular weight is 317 g/mol. The minimum absolute atomic E-state index is 0.161. The first-order valence-corrected chi connectivity index (χ1v) is 8.15. The summed E-state index contributed by atoms with van der Waals surface area (Å²) in [5.74, 6) is -0.313. The molecule has 2 aromatic heterocycles. The highest BCUT2D eigenvalue weighted by atomic mass is 32.2. The second kappa shape index (κ2) is 5.23. The van der Waals surface area contributed by atoms with Gasteiger partial charge in [0.2, 0.25) is 0 Å². The minimum Gasteiger partial charge on any atom is -0.423 e. The van der Waals surface area contributed by atoms with Gasteiger partial charge in [-0.25, -0.2) is 18.2 Å². The van der Waals surface area contributed by atoms with Crippen LogP contribution in [0, 0.1) is 0 Å². The number of pyridine rings is 1. The zero-order valence-corrected chi connectivity index (χ0v) is 12.3. The van der Waals surface area contributed by atoms with Crippen molar-refractivity contribution >= 4 is 26.8 Å². The summed E-state index contributed by atoms with van der Waals surface area (Å²) < 4.78 is 28.0. The maximum Gasteiger partial charge on any atom is 0.344 e. The number of carbonyl (C=O) groups excluding carboxylic acids is 1. The lowest BCUT2D eigenvalue weighted by Gasteiger charge is -2.05. The van der Waals surface area contributed by atoms with Crippen LogP contribution >= 0.6 is 0 Å². The van der Waals surface area contributed by atoms with Crippen LogP contribution in [0.1, 0.15) is 10.4 Å². The van der Waals surface area contributed by atoms with E-state index in [1.807, 2.05) is 0 Å². The molecule has 2 heterocycles. The van der Waals surface area contributed by atoms with Crippen LogP contribution in [0.5, 0.6) is 5.75 Å². The smallest absolute Gasteiger partial charge is 0.344 e. The van der Waals surface area contributed by atoms with Gasteiger partial charge in [-0.05, 0) is 30.3 Å². The number of ether oxygens (including phenoxy) is 1. The number of nitrogens with one attached hydrogen (secondary N) is 1. The summed E-state index contributed by atoms with van der Waals surface area (Å²) in [6.45, 7) is 0. The molecule has 22 heavy (non-hydrogen) atoms. The number of carbonyl (C=O) groups is 1. The van der Waals surface area contributed by atoms with Crippen LogP contribution in [0.4, 0.5) is 0 Å². The van der Waals surface area contributed by atoms with Gasteiger partial charge in [-0.3, -0.25) is 5.10 Å². The molecule has 112 valence electrons. The Hall–Kier alpha value is -2.74. The summed E-state index contributed by atoms with van der Waals surface area (Å²) in [5.41, 5.74) is 0.813. The Morgan fingerprint density at radius 3 is 2.59 bits per heavy atom. The highest BCUT2D eigenvalue weighted by molar-refractivity contribution is 7.90. The van der Waals surface area contributed by atoms with Crippen LogP contribution in [0.15, 0.2) is 47.6 Å². The third-order valence-electron chi connectivity index (χ3n) is 3.04. The second-order valence-corrected chi connectivity index (χ2v) is 6.64. The van der Waals surface area contributed by atoms with Gasteiger partial charge in [0.05, 0.1) is 22.0 Å². The lowest BCUT2D eigenvalue weighted by molar-refractivity contribution is 0.0736. The Morgan fingerprint density at radius 2 is 1.91 bits per heavy atom. The molecule has 8 heteroatoms. The topological polar surface area (TPSA) is 102 Å². The zero-order chi connectivity index (χ0) is 15.7. The molecule has 3 aromatic rings. The van der Waals surface area contributed by atoms with E-state index in [1.165, 1.54) is 42.7 Å². The van der Waals surface area contributed by atoms with Gasteiger partial charge < -0.3 is 4.74 Å². The second-order valence-electron chi connectivity index (χ2n) is 4.62. The van der Waals surface area contributed by atoms with Gasteiger partial charge in [0.15, 0.2) is 15.5 Å². The first-order valence-electron chi connectivity index (χ1n) is 6.25. The summed E-state index contributed by atoms with van der Waals surface area (Å²) >= 11 is 0. The highest BCUT2D eigenvalue weighted by Crippen LogP contribution is 2.19. The van der Waals surface area contributed by atoms with Gasteiger partial charge in [0.1, 0.15) is 5.75 Å². The van der Waals surface area contributed by atoms with E-state index in [4.69, 9.17) is 4.74 Å². The van der Waals surface area contributed by atoms with Crippen molar-refractivity contribution in [2.75, 3.05) is 6.26 Å². The van der Waals surface area contributed by atoms with Gasteiger partial charge in [-0.15, -0.1) is 0 Å². The van der Waals surface area contributed by atoms with Gasteiger partial charge in [-0.2, -0.15) is 5.10 Å². The summed E-state index contributed by atoms with van der Waals surface area (Å²) in [6, 6.07) is 7.17. The Labute approximate surface area is 125 Å². The molecule has 0 unspecified atom stereocenters. The molecule has 1 aromatic carbocycles. The van der Waals surface area contributed by atoms with Crippen LogP contribution in [0.2, 0.25) is 0 Å². The number of hydrogen-bond acceptors (Lipinski definition) is 6. The maximum absolute atomic E-state index is 12.2. The van der Waals surface area contributed by atoms with Crippen molar-refractivity contribution in [2.24, 2.45) is 0 Å². The number of esters is 1. The molecule has 0 saturated heterocycles. The highest BCUT2D eigenvalue weighted by Gasteiger charge is 2.14. The molecule has 3 rings (SSSR count). The number of benzene rings is 1. The van der Waals surface area contributed by atoms with Crippen LogP contribution in [-0.2, 0) is 9.84 Å². The Balaban J connectivity index is 1.87. The zero-order valence-electron chi connectivity index (χ0n) is 11.5. The predicted molar refractivity (Wildman–Crippen MR) is 78.4 cm³/mol. The molecule has 0 atom stereocenters. The third-order valence-corrected chi connectivity index (χ3v) is 4.17. The van der Waals surface area contributed by atoms with E-state index in [-0.39, 0.29) is 10.6 Å². The third kappa shape index (κ3) is 2.68. The van der Waals surface area contributed by atoms with E-state index in [9.17, 15) is 13.2 Å². The van der Waals surface area contributed by atoms with Crippen LogP contribution in [0.3, 0.4) is 0 Å². The molecular formula is C14H11N3O4S. The number of sulfone groups is 1. The van der Waals surface area contributed by atoms with E-state index in [0.29, 0.717) is 16.6 Å². The molecule has 0 aliphatic heterocycles. The molecule has 0 amide bonds. The SMILES string of the molecule is CS(=O)(=O)c1ccc(OC(=O)c2ccnc3[nH]ncc23)cc1. The summed E-state index contributed by atoms with van der Waals surface area (Å²) in [7, 11) is -3.28. The van der Waals surface area contributed by atoms with Gasteiger partial charge >= 0.3 is 5.97 Å². The first-order chi connectivity index (χ1) is 10.4. The fourth-order valence-corrected chi connectivity index (χ4v) is 2.58. The quantitative estimate of drug-likeness (QED) is 0.581. The number of nitrogens with zero attached hydrogens (tertiary/aromatic N) is 2. The number of rotatable bonds is 3. The van der Waals surface area contributed by atoms with E-state index in [2.05, 4.69) is 15.2 Å². The molecule has 0 spiro atoms. The molecule has 0 aliphatic rings. The molecule has 0 aliphatic carbocycles. The molecule has 0 fully saturated rings. The maximum atomic E-state index is 12.2. The van der Waals surface area contributed by atoms with Crippen molar-refractivity contribution in [3.05, 3.63) is 48.3 Å². The van der Waals surface area contributed by atoms with Gasteiger partial charge in [0, 0.05) is 12.5 Å². The Morgan fingerprint density at radius 1 is 1.18 bits per heavy atom. The molecular weight excluding hydrogens is 306 g/mol. The van der Waals surface area contributed by atoms with Crippen molar-refractivity contribution in [3.63, 3.8) is 0 Å². The van der Waals surface area contributed by atoms with Crippen molar-refractivity contribution in [1.29, 1.82) is 0 Å². The molecule has 0 bridgehead atoms. The fraction of sp³-hybridized carbons (Fsp3) is 0.0714. The standard InChI is InChI=1S/C14H11N3O4S/c1-22(19,20)10-4-2-9(3-5-10)21-14(18)11-6-7-15-13-12(11)8-16-17-13/h2-8H,1H3,(H,15,16,17). The minimum atomic E-state index is -3.28. The van der Waals surface area contributed by atoms with E-state index >= 15 is 0 Å². The molecule has 0 saturated carbocycles. The number of aromatic nitrogens is 3. The van der Waals surface area contributed by atoms with Crippen molar-refractivity contribution in [2.45, 2.75) is 4.90 Å². The average Bonchev–Trinajstić information content (AvgIpc) is 2.95. The van der Waals surface area contributed by atoms with Crippen LogP contribution in [0.25, 0.3) is 11.0 Å². The monoisotopic (exact) mass is 317 g/mol. The normalized spacial score (nSPS) is 11.5. The Kier molecular flexibility index (Phi) is 3.38. The number of fused-ring (bicyclic) bond motifs is 1. The molecule has 7 nitrogen and oxygen atoms in total. The summed E-state index contributed by atoms with van der Waals surface area (Å²) in [4.78, 5) is 16.4. The lowest BCUT2D eigenvalue weighted by Crippen LogP contribution is -2.09. The van der Waals surface area contributed by atoms with Crippen molar-refractivity contribution in [1.82, 2.24) is 15.2 Å². The van der Waals surface area contributed by atoms with Crippen LogP contribution < -0.4 is 4.74 Å². The molecule has 1 N–H and O–H groups in total. The van der Waals surface area contributed by atoms with E-state index in [0.717, 1.165) is 6.26 Å². The Bertz CT molecular complexity index is 946. The van der Waals surface area contributed by atoms with Crippen LogP contribution in [-0.4, -0.2) is 35.8 Å². The first kappa shape index (κ1) is 14.2.